The molecule has 2 N–H and O–H groups in total. The van der Waals surface area contributed by atoms with Gasteiger partial charge >= 0.3 is 0 Å². The molecule has 0 bridgehead atoms. The number of methoxy groups -OCH3 is 2. The fourth-order valence-electron chi connectivity index (χ4n) is 2.71. The van der Waals surface area contributed by atoms with Crippen molar-refractivity contribution >= 4 is 55.6 Å². The van der Waals surface area contributed by atoms with E-state index in [1.165, 1.54) is 0 Å². The molecule has 0 aliphatic carbocycles. The number of rotatable bonds is 4. The van der Waals surface area contributed by atoms with Crippen LogP contribution in [0, 0.1) is 0 Å². The van der Waals surface area contributed by atoms with Gasteiger partial charge in [0.05, 0.1) is 19.9 Å². The summed E-state index contributed by atoms with van der Waals surface area (Å²) in [4.78, 5) is 12.7. The van der Waals surface area contributed by atoms with E-state index < -0.39 is 0 Å². The monoisotopic (exact) mass is 444 g/mol. The largest absolute Gasteiger partial charge is 0.497 e. The fraction of sp³-hybridized carbons (Fsp3) is 0.100. The molecule has 0 saturated heterocycles. The highest BCUT2D eigenvalue weighted by Crippen LogP contribution is 2.29. The molecule has 0 aliphatic heterocycles. The van der Waals surface area contributed by atoms with Crippen molar-refractivity contribution in [3.63, 3.8) is 0 Å². The zero-order valence-corrected chi connectivity index (χ0v) is 17.1. The van der Waals surface area contributed by atoms with E-state index in [1.54, 1.807) is 38.5 Å². The number of amides is 1. The number of carbonyl (C=O) groups excluding carboxylic acids is 1. The Morgan fingerprint density at radius 3 is 2.48 bits per heavy atom. The number of anilines is 1. The van der Waals surface area contributed by atoms with Gasteiger partial charge in [-0.25, -0.2) is 0 Å². The Labute approximate surface area is 170 Å². The Morgan fingerprint density at radius 2 is 1.74 bits per heavy atom. The first-order chi connectivity index (χ1) is 13.0. The van der Waals surface area contributed by atoms with Crippen molar-refractivity contribution in [2.75, 3.05) is 19.5 Å². The number of hydrogen-bond donors (Lipinski definition) is 2. The topological polar surface area (TPSA) is 59.6 Å². The smallest absolute Gasteiger partial charge is 0.258 e. The Hall–Kier alpha value is -2.64. The summed E-state index contributed by atoms with van der Waals surface area (Å²) < 4.78 is 11.5. The number of fused-ring (bicyclic) bond motifs is 1. The summed E-state index contributed by atoms with van der Waals surface area (Å²) >= 11 is 8.81. The van der Waals surface area contributed by atoms with Crippen molar-refractivity contribution in [2.45, 2.75) is 0 Å². The lowest BCUT2D eigenvalue weighted by Crippen LogP contribution is -2.34. The number of halogens is 1. The Balaban J connectivity index is 1.81. The molecule has 0 spiro atoms. The predicted molar refractivity (Wildman–Crippen MR) is 115 cm³/mol. The molecule has 7 heteroatoms. The van der Waals surface area contributed by atoms with Crippen LogP contribution < -0.4 is 20.1 Å². The highest BCUT2D eigenvalue weighted by atomic mass is 79.9. The average Bonchev–Trinajstić information content (AvgIpc) is 2.67. The summed E-state index contributed by atoms with van der Waals surface area (Å²) in [6, 6.07) is 16.6. The zero-order valence-electron chi connectivity index (χ0n) is 14.7. The molecule has 3 aromatic rings. The second-order valence-electron chi connectivity index (χ2n) is 5.61. The van der Waals surface area contributed by atoms with Crippen LogP contribution in [0.4, 0.5) is 5.69 Å². The Bertz CT molecular complexity index is 1020. The molecule has 5 nitrogen and oxygen atoms in total. The van der Waals surface area contributed by atoms with Gasteiger partial charge in [0.2, 0.25) is 0 Å². The summed E-state index contributed by atoms with van der Waals surface area (Å²) in [6.45, 7) is 0. The third-order valence-electron chi connectivity index (χ3n) is 4.00. The van der Waals surface area contributed by atoms with E-state index in [9.17, 15) is 4.79 Å². The lowest BCUT2D eigenvalue weighted by Gasteiger charge is -2.14. The second-order valence-corrected chi connectivity index (χ2v) is 6.88. The number of thiocarbonyl (C=S) groups is 1. The molecule has 0 saturated carbocycles. The molecule has 27 heavy (non-hydrogen) atoms. The molecule has 1 amide bonds. The fourth-order valence-corrected chi connectivity index (χ4v) is 3.41. The molecule has 0 unspecified atom stereocenters. The quantitative estimate of drug-likeness (QED) is 0.568. The molecule has 0 fully saturated rings. The van der Waals surface area contributed by atoms with Crippen molar-refractivity contribution < 1.29 is 14.3 Å². The van der Waals surface area contributed by atoms with Crippen LogP contribution in [-0.2, 0) is 0 Å². The minimum atomic E-state index is -0.293. The van der Waals surface area contributed by atoms with Crippen LogP contribution in [0.3, 0.4) is 0 Å². The van der Waals surface area contributed by atoms with Gasteiger partial charge in [-0.05, 0) is 47.3 Å². The van der Waals surface area contributed by atoms with E-state index in [0.29, 0.717) is 22.7 Å². The maximum Gasteiger partial charge on any atom is 0.258 e. The third-order valence-corrected chi connectivity index (χ3v) is 4.89. The molecular formula is C20H17BrN2O3S. The highest BCUT2D eigenvalue weighted by molar-refractivity contribution is 9.10. The molecule has 0 aliphatic rings. The average molecular weight is 445 g/mol. The van der Waals surface area contributed by atoms with Gasteiger partial charge in [-0.1, -0.05) is 40.2 Å². The van der Waals surface area contributed by atoms with Gasteiger partial charge in [0.1, 0.15) is 11.5 Å². The SMILES string of the molecule is COc1ccc(OC)c(NC(=S)NC(=O)c2cccc3c(Br)cccc23)c1. The maximum atomic E-state index is 12.7. The first-order valence-electron chi connectivity index (χ1n) is 8.05. The van der Waals surface area contributed by atoms with Crippen molar-refractivity contribution in [2.24, 2.45) is 0 Å². The summed E-state index contributed by atoms with van der Waals surface area (Å²) in [5.74, 6) is 0.936. The number of hydrogen-bond acceptors (Lipinski definition) is 4. The van der Waals surface area contributed by atoms with E-state index in [4.69, 9.17) is 21.7 Å². The van der Waals surface area contributed by atoms with Gasteiger partial charge < -0.3 is 14.8 Å². The number of carbonyl (C=O) groups is 1. The standard InChI is InChI=1S/C20H17BrN2O3S/c1-25-12-9-10-18(26-2)17(11-12)22-20(27)23-19(24)15-7-3-6-14-13(15)5-4-8-16(14)21/h3-11H,1-2H3,(H2,22,23,24,27). The summed E-state index contributed by atoms with van der Waals surface area (Å²) in [7, 11) is 3.13. The van der Waals surface area contributed by atoms with Gasteiger partial charge in [0, 0.05) is 16.1 Å². The molecule has 0 atom stereocenters. The zero-order chi connectivity index (χ0) is 19.4. The minimum absolute atomic E-state index is 0.165. The third kappa shape index (κ3) is 4.20. The molecule has 0 aromatic heterocycles. The highest BCUT2D eigenvalue weighted by Gasteiger charge is 2.14. The van der Waals surface area contributed by atoms with Crippen LogP contribution in [0.5, 0.6) is 11.5 Å². The van der Waals surface area contributed by atoms with Gasteiger partial charge in [0.25, 0.3) is 5.91 Å². The minimum Gasteiger partial charge on any atom is -0.497 e. The number of benzene rings is 3. The van der Waals surface area contributed by atoms with E-state index in [2.05, 4.69) is 26.6 Å². The van der Waals surface area contributed by atoms with Crippen LogP contribution in [0.1, 0.15) is 10.4 Å². The van der Waals surface area contributed by atoms with Gasteiger partial charge in [-0.15, -0.1) is 0 Å². The lowest BCUT2D eigenvalue weighted by molar-refractivity contribution is 0.0979. The van der Waals surface area contributed by atoms with Crippen molar-refractivity contribution in [3.8, 4) is 11.5 Å². The maximum absolute atomic E-state index is 12.7. The van der Waals surface area contributed by atoms with Crippen LogP contribution in [0.2, 0.25) is 0 Å². The van der Waals surface area contributed by atoms with Crippen molar-refractivity contribution in [1.82, 2.24) is 5.32 Å². The number of nitrogens with one attached hydrogen (secondary N) is 2. The van der Waals surface area contributed by atoms with Crippen LogP contribution in [0.15, 0.2) is 59.1 Å². The van der Waals surface area contributed by atoms with E-state index in [1.807, 2.05) is 30.3 Å². The number of ether oxygens (including phenoxy) is 2. The van der Waals surface area contributed by atoms with Crippen LogP contribution in [-0.4, -0.2) is 25.2 Å². The molecule has 138 valence electrons. The van der Waals surface area contributed by atoms with E-state index >= 15 is 0 Å². The summed E-state index contributed by atoms with van der Waals surface area (Å²) in [6.07, 6.45) is 0. The molecular weight excluding hydrogens is 428 g/mol. The molecule has 3 aromatic carbocycles. The van der Waals surface area contributed by atoms with Crippen LogP contribution in [0.25, 0.3) is 10.8 Å². The Morgan fingerprint density at radius 1 is 1.00 bits per heavy atom. The van der Waals surface area contributed by atoms with E-state index in [-0.39, 0.29) is 11.0 Å². The summed E-state index contributed by atoms with van der Waals surface area (Å²) in [5, 5.41) is 7.66. The normalized spacial score (nSPS) is 10.3. The Kier molecular flexibility index (Phi) is 5.93. The van der Waals surface area contributed by atoms with Crippen molar-refractivity contribution in [3.05, 3.63) is 64.6 Å². The van der Waals surface area contributed by atoms with E-state index in [0.717, 1.165) is 15.2 Å². The second kappa shape index (κ2) is 8.37. The van der Waals surface area contributed by atoms with Gasteiger partial charge in [-0.3, -0.25) is 10.1 Å². The van der Waals surface area contributed by atoms with Gasteiger partial charge in [-0.2, -0.15) is 0 Å². The summed E-state index contributed by atoms with van der Waals surface area (Å²) in [5.41, 5.74) is 1.14. The lowest BCUT2D eigenvalue weighted by atomic mass is 10.0. The van der Waals surface area contributed by atoms with Crippen LogP contribution >= 0.6 is 28.1 Å². The molecule has 0 heterocycles. The van der Waals surface area contributed by atoms with Gasteiger partial charge in [0.15, 0.2) is 5.11 Å². The predicted octanol–water partition coefficient (Wildman–Crippen LogP) is 4.75. The first-order valence-corrected chi connectivity index (χ1v) is 9.25. The first kappa shape index (κ1) is 19.1. The van der Waals surface area contributed by atoms with Crippen molar-refractivity contribution in [1.29, 1.82) is 0 Å². The molecule has 0 radical (unpaired) electrons. The molecule has 3 rings (SSSR count).